The van der Waals surface area contributed by atoms with E-state index >= 15 is 0 Å². The summed E-state index contributed by atoms with van der Waals surface area (Å²) in [6, 6.07) is 4.90. The molecule has 0 bridgehead atoms. The fourth-order valence-electron chi connectivity index (χ4n) is 2.97. The number of ether oxygens (including phenoxy) is 2. The van der Waals surface area contributed by atoms with E-state index in [-0.39, 0.29) is 17.4 Å². The predicted octanol–water partition coefficient (Wildman–Crippen LogP) is 5.45. The second-order valence-corrected chi connectivity index (χ2v) is 7.50. The summed E-state index contributed by atoms with van der Waals surface area (Å²) in [6.45, 7) is 3.12. The zero-order valence-corrected chi connectivity index (χ0v) is 18.5. The van der Waals surface area contributed by atoms with E-state index in [4.69, 9.17) is 15.2 Å². The quantitative estimate of drug-likeness (QED) is 0.409. The first kappa shape index (κ1) is 26.3. The first-order chi connectivity index (χ1) is 16.8. The SMILES string of the molecule is CC(C)Oc1ccc(Oc2ccc(C(F)(F)F)c(F)c2C(=O)Nc2ccnc(C(N)=O)c2)c(F)c1F. The van der Waals surface area contributed by atoms with Gasteiger partial charge >= 0.3 is 6.18 Å². The van der Waals surface area contributed by atoms with Crippen LogP contribution in [0.5, 0.6) is 17.2 Å². The van der Waals surface area contributed by atoms with Gasteiger partial charge in [-0.15, -0.1) is 0 Å². The van der Waals surface area contributed by atoms with Crippen LogP contribution in [0.3, 0.4) is 0 Å². The highest BCUT2D eigenvalue weighted by atomic mass is 19.4. The summed E-state index contributed by atoms with van der Waals surface area (Å²) < 4.78 is 93.9. The highest BCUT2D eigenvalue weighted by molar-refractivity contribution is 6.07. The van der Waals surface area contributed by atoms with Crippen LogP contribution in [0.4, 0.5) is 32.0 Å². The van der Waals surface area contributed by atoms with E-state index in [0.29, 0.717) is 6.07 Å². The summed E-state index contributed by atoms with van der Waals surface area (Å²) in [4.78, 5) is 27.7. The Bertz CT molecular complexity index is 1330. The van der Waals surface area contributed by atoms with Gasteiger partial charge in [-0.05, 0) is 50.2 Å². The molecule has 0 spiro atoms. The van der Waals surface area contributed by atoms with Gasteiger partial charge in [0.1, 0.15) is 17.0 Å². The highest BCUT2D eigenvalue weighted by Gasteiger charge is 2.37. The van der Waals surface area contributed by atoms with Gasteiger partial charge in [0.05, 0.1) is 11.7 Å². The minimum Gasteiger partial charge on any atom is -0.488 e. The standard InChI is InChI=1S/C23H17F6N3O4/c1-10(2)35-15-5-6-16(20(26)19(15)25)36-14-4-3-12(23(27,28)29)18(24)17(14)22(34)32-11-7-8-31-13(9-11)21(30)33/h3-10H,1-2H3,(H2,30,33)(H,31,32,34). The molecule has 13 heteroatoms. The predicted molar refractivity (Wildman–Crippen MR) is 114 cm³/mol. The smallest absolute Gasteiger partial charge is 0.419 e. The Morgan fingerprint density at radius 3 is 2.17 bits per heavy atom. The van der Waals surface area contributed by atoms with Gasteiger partial charge in [0.25, 0.3) is 11.8 Å². The molecule has 0 fully saturated rings. The van der Waals surface area contributed by atoms with Gasteiger partial charge in [-0.2, -0.15) is 22.0 Å². The molecule has 1 aromatic heterocycles. The van der Waals surface area contributed by atoms with Gasteiger partial charge in [0.2, 0.25) is 11.6 Å². The second-order valence-electron chi connectivity index (χ2n) is 7.50. The van der Waals surface area contributed by atoms with Crippen molar-refractivity contribution < 1.29 is 45.4 Å². The molecule has 0 saturated heterocycles. The third kappa shape index (κ3) is 5.67. The molecular formula is C23H17F6N3O4. The number of aromatic nitrogens is 1. The van der Waals surface area contributed by atoms with E-state index in [1.165, 1.54) is 0 Å². The van der Waals surface area contributed by atoms with Crippen LogP contribution in [0.2, 0.25) is 0 Å². The van der Waals surface area contributed by atoms with Crippen molar-refractivity contribution >= 4 is 17.5 Å². The molecule has 190 valence electrons. The molecule has 0 aliphatic rings. The summed E-state index contributed by atoms with van der Waals surface area (Å²) in [5, 5.41) is 2.09. The average Bonchev–Trinajstić information content (AvgIpc) is 2.78. The third-order valence-electron chi connectivity index (χ3n) is 4.50. The summed E-state index contributed by atoms with van der Waals surface area (Å²) in [7, 11) is 0. The number of carbonyl (C=O) groups excluding carboxylic acids is 2. The molecule has 3 rings (SSSR count). The molecule has 0 aliphatic heterocycles. The lowest BCUT2D eigenvalue weighted by Crippen LogP contribution is -2.19. The van der Waals surface area contributed by atoms with Crippen molar-refractivity contribution in [3.05, 3.63) is 76.9 Å². The van der Waals surface area contributed by atoms with Crippen molar-refractivity contribution in [3.8, 4) is 17.2 Å². The molecule has 0 saturated carbocycles. The maximum absolute atomic E-state index is 14.9. The molecule has 7 nitrogen and oxygen atoms in total. The molecule has 0 atom stereocenters. The number of hydrogen-bond acceptors (Lipinski definition) is 5. The number of alkyl halides is 3. The van der Waals surface area contributed by atoms with E-state index in [9.17, 15) is 35.9 Å². The van der Waals surface area contributed by atoms with Crippen LogP contribution in [0, 0.1) is 17.5 Å². The summed E-state index contributed by atoms with van der Waals surface area (Å²) in [5.41, 5.74) is 1.57. The van der Waals surface area contributed by atoms with Crippen LogP contribution in [0.1, 0.15) is 40.3 Å². The molecule has 36 heavy (non-hydrogen) atoms. The number of hydrogen-bond donors (Lipinski definition) is 2. The Hall–Kier alpha value is -4.29. The lowest BCUT2D eigenvalue weighted by molar-refractivity contribution is -0.140. The molecule has 3 N–H and O–H groups in total. The molecule has 2 aromatic carbocycles. The molecule has 3 aromatic rings. The number of halogens is 6. The van der Waals surface area contributed by atoms with E-state index < -0.39 is 69.9 Å². The Kier molecular flexibility index (Phi) is 7.41. The normalized spacial score (nSPS) is 11.4. The van der Waals surface area contributed by atoms with E-state index in [1.54, 1.807) is 13.8 Å². The first-order valence-corrected chi connectivity index (χ1v) is 10.1. The molecule has 0 aliphatic carbocycles. The maximum atomic E-state index is 14.9. The maximum Gasteiger partial charge on any atom is 0.419 e. The second kappa shape index (κ2) is 10.1. The Morgan fingerprint density at radius 1 is 0.944 bits per heavy atom. The van der Waals surface area contributed by atoms with Crippen LogP contribution < -0.4 is 20.5 Å². The van der Waals surface area contributed by atoms with Crippen molar-refractivity contribution in [2.75, 3.05) is 5.32 Å². The van der Waals surface area contributed by atoms with Crippen LogP contribution in [-0.4, -0.2) is 22.9 Å². The molecule has 2 amide bonds. The third-order valence-corrected chi connectivity index (χ3v) is 4.50. The summed E-state index contributed by atoms with van der Waals surface area (Å²) >= 11 is 0. The lowest BCUT2D eigenvalue weighted by atomic mass is 10.1. The Balaban J connectivity index is 2.06. The van der Waals surface area contributed by atoms with Crippen molar-refractivity contribution in [2.24, 2.45) is 5.73 Å². The number of carbonyl (C=O) groups is 2. The van der Waals surface area contributed by atoms with Crippen molar-refractivity contribution in [3.63, 3.8) is 0 Å². The van der Waals surface area contributed by atoms with E-state index in [2.05, 4.69) is 10.3 Å². The van der Waals surface area contributed by atoms with Crippen LogP contribution in [0.15, 0.2) is 42.6 Å². The number of nitrogens with zero attached hydrogens (tertiary/aromatic N) is 1. The largest absolute Gasteiger partial charge is 0.488 e. The lowest BCUT2D eigenvalue weighted by Gasteiger charge is -2.17. The topological polar surface area (TPSA) is 104 Å². The highest BCUT2D eigenvalue weighted by Crippen LogP contribution is 2.39. The van der Waals surface area contributed by atoms with Gasteiger partial charge in [0.15, 0.2) is 17.3 Å². The van der Waals surface area contributed by atoms with Gasteiger partial charge in [-0.3, -0.25) is 14.6 Å². The molecule has 1 heterocycles. The van der Waals surface area contributed by atoms with Gasteiger partial charge in [0, 0.05) is 11.9 Å². The van der Waals surface area contributed by atoms with Crippen molar-refractivity contribution in [2.45, 2.75) is 26.1 Å². The zero-order valence-electron chi connectivity index (χ0n) is 18.5. The Labute approximate surface area is 199 Å². The number of nitrogens with one attached hydrogen (secondary N) is 1. The van der Waals surface area contributed by atoms with E-state index in [0.717, 1.165) is 30.5 Å². The van der Waals surface area contributed by atoms with E-state index in [1.807, 2.05) is 0 Å². The number of primary amides is 1. The van der Waals surface area contributed by atoms with Gasteiger partial charge < -0.3 is 20.5 Å². The monoisotopic (exact) mass is 513 g/mol. The average molecular weight is 513 g/mol. The van der Waals surface area contributed by atoms with Crippen LogP contribution >= 0.6 is 0 Å². The van der Waals surface area contributed by atoms with Crippen molar-refractivity contribution in [1.82, 2.24) is 4.98 Å². The number of nitrogens with two attached hydrogens (primary N) is 1. The first-order valence-electron chi connectivity index (χ1n) is 10.1. The molecule has 0 unspecified atom stereocenters. The number of anilines is 1. The van der Waals surface area contributed by atoms with Gasteiger partial charge in [-0.1, -0.05) is 0 Å². The number of benzene rings is 2. The number of amides is 2. The van der Waals surface area contributed by atoms with Crippen LogP contribution in [0.25, 0.3) is 0 Å². The Morgan fingerprint density at radius 2 is 1.56 bits per heavy atom. The summed E-state index contributed by atoms with van der Waals surface area (Å²) in [6.07, 6.45) is -4.64. The fraction of sp³-hybridized carbons (Fsp3) is 0.174. The molecule has 0 radical (unpaired) electrons. The number of pyridine rings is 1. The van der Waals surface area contributed by atoms with Crippen molar-refractivity contribution in [1.29, 1.82) is 0 Å². The minimum atomic E-state index is -5.19. The van der Waals surface area contributed by atoms with Gasteiger partial charge in [-0.25, -0.2) is 4.39 Å². The van der Waals surface area contributed by atoms with Crippen LogP contribution in [-0.2, 0) is 6.18 Å². The minimum absolute atomic E-state index is 0.168. The number of rotatable bonds is 7. The zero-order chi connectivity index (χ0) is 26.8. The summed E-state index contributed by atoms with van der Waals surface area (Å²) in [5.74, 6) is -9.65. The molecular weight excluding hydrogens is 496 g/mol. The fourth-order valence-corrected chi connectivity index (χ4v) is 2.97.